The van der Waals surface area contributed by atoms with Crippen molar-refractivity contribution in [1.82, 2.24) is 0 Å². The second kappa shape index (κ2) is 18.6. The van der Waals surface area contributed by atoms with Gasteiger partial charge in [-0.05, 0) is 25.3 Å². The molecule has 0 aromatic carbocycles. The van der Waals surface area contributed by atoms with Crippen molar-refractivity contribution >= 4 is 60.6 Å². The number of unbranched alkanes of at least 4 members (excludes halogenated alkanes) is 17. The zero-order chi connectivity index (χ0) is 22.3. The summed E-state index contributed by atoms with van der Waals surface area (Å²) in [5, 5.41) is 10.7. The van der Waals surface area contributed by atoms with Crippen LogP contribution in [0.5, 0.6) is 0 Å². The first-order chi connectivity index (χ1) is 15.2. The molecule has 0 spiro atoms. The van der Waals surface area contributed by atoms with Gasteiger partial charge in [-0.3, -0.25) is 0 Å². The quantitative estimate of drug-likeness (QED) is 0.0822. The summed E-state index contributed by atoms with van der Waals surface area (Å²) in [6.07, 6.45) is 35.5. The molecule has 1 N–H and O–H groups in total. The Kier molecular flexibility index (Phi) is 18.3. The first-order valence-corrected chi connectivity index (χ1v) is 14.8. The molecule has 2 radical (unpaired) electrons. The third-order valence-electron chi connectivity index (χ3n) is 7.31. The molecule has 1 fully saturated rings. The average Bonchev–Trinajstić information content (AvgIpc) is 3.38. The smallest absolute Gasteiger partial charge is 0.148 e. The molecule has 0 amide bonds. The molecule has 1 aliphatic carbocycles. The number of thioether (sulfide) groups is 1. The van der Waals surface area contributed by atoms with Gasteiger partial charge < -0.3 is 5.11 Å². The van der Waals surface area contributed by atoms with Crippen LogP contribution in [0, 0.1) is 0 Å². The summed E-state index contributed by atoms with van der Waals surface area (Å²) < 4.78 is 0.0132. The van der Waals surface area contributed by atoms with E-state index in [1.807, 2.05) is 0 Å². The summed E-state index contributed by atoms with van der Waals surface area (Å²) >= 11 is 1.77. The van der Waals surface area contributed by atoms with E-state index in [0.717, 1.165) is 6.42 Å². The number of hydrogen-bond donors (Lipinski definition) is 1. The molecule has 2 atom stereocenters. The van der Waals surface area contributed by atoms with Crippen LogP contribution < -0.4 is 0 Å². The second-order valence-electron chi connectivity index (χ2n) is 10.3. The van der Waals surface area contributed by atoms with Gasteiger partial charge in [-0.25, -0.2) is 0 Å². The maximum absolute atomic E-state index is 10.7. The number of rotatable bonds is 21. The molecule has 32 heavy (non-hydrogen) atoms. The molecule has 2 rings (SSSR count). The normalized spacial score (nSPS) is 23.5. The largest absolute Gasteiger partial charge is 0.374 e. The molecule has 1 saturated heterocycles. The van der Waals surface area contributed by atoms with Gasteiger partial charge in [-0.15, -0.1) is 11.8 Å². The third-order valence-corrected chi connectivity index (χ3v) is 8.92. The maximum Gasteiger partial charge on any atom is 0.148 e. The average molecular weight is 586 g/mol. The van der Waals surface area contributed by atoms with E-state index in [1.54, 1.807) is 11.8 Å². The van der Waals surface area contributed by atoms with E-state index in [-0.39, 0.29) is 53.6 Å². The summed E-state index contributed by atoms with van der Waals surface area (Å²) in [6, 6.07) is 0. The first-order valence-electron chi connectivity index (χ1n) is 14.0. The van der Waals surface area contributed by atoms with Crippen molar-refractivity contribution in [2.75, 3.05) is 0 Å². The molecular weight excluding hydrogens is 534 g/mol. The van der Waals surface area contributed by atoms with Gasteiger partial charge in [0.05, 0.1) is 4.75 Å². The molecule has 1 heterocycles. The molecule has 1 nitrogen and oxygen atoms in total. The Morgan fingerprint density at radius 2 is 1.09 bits per heavy atom. The predicted octanol–water partition coefficient (Wildman–Crippen LogP) is 9.51. The van der Waals surface area contributed by atoms with Crippen molar-refractivity contribution in [3.05, 3.63) is 23.8 Å². The van der Waals surface area contributed by atoms with E-state index in [2.05, 4.69) is 32.1 Å². The van der Waals surface area contributed by atoms with E-state index >= 15 is 0 Å². The van der Waals surface area contributed by atoms with Gasteiger partial charge in [0.15, 0.2) is 0 Å². The fourth-order valence-corrected chi connectivity index (χ4v) is 6.43. The van der Waals surface area contributed by atoms with Gasteiger partial charge in [-0.2, -0.15) is 0 Å². The van der Waals surface area contributed by atoms with Crippen LogP contribution in [0.4, 0.5) is 0 Å². The summed E-state index contributed by atoms with van der Waals surface area (Å²) in [7, 11) is 0. The van der Waals surface area contributed by atoms with Crippen molar-refractivity contribution in [3.8, 4) is 0 Å². The van der Waals surface area contributed by atoms with Crippen molar-refractivity contribution in [3.63, 3.8) is 0 Å². The maximum atomic E-state index is 10.7. The van der Waals surface area contributed by atoms with Crippen LogP contribution in [-0.4, -0.2) is 63.7 Å². The zero-order valence-electron chi connectivity index (χ0n) is 21.6. The van der Waals surface area contributed by atoms with Crippen LogP contribution in [0.15, 0.2) is 23.8 Å². The van der Waals surface area contributed by atoms with E-state index in [1.165, 1.54) is 134 Å². The number of aliphatic hydroxyl groups is 1. The van der Waals surface area contributed by atoms with Gasteiger partial charge in [0.1, 0.15) is 4.93 Å². The Balaban J connectivity index is 0.00000512. The van der Waals surface area contributed by atoms with E-state index in [4.69, 9.17) is 0 Å². The molecule has 0 aromatic heterocycles. The minimum absolute atomic E-state index is 0. The predicted molar refractivity (Wildman–Crippen MR) is 147 cm³/mol. The first kappa shape index (κ1) is 31.4. The Hall–Kier alpha value is 1.36. The Morgan fingerprint density at radius 1 is 0.656 bits per heavy atom. The topological polar surface area (TPSA) is 20.2 Å². The minimum atomic E-state index is -0.587. The van der Waals surface area contributed by atoms with Crippen molar-refractivity contribution in [2.45, 2.75) is 158 Å². The summed E-state index contributed by atoms with van der Waals surface area (Å²) in [5.74, 6) is 0. The SMILES string of the molecule is CCCCCCCCCCCCCCCCCCC12C=C(CCCCC)C=CC1(O)S2.[Ba]. The summed E-state index contributed by atoms with van der Waals surface area (Å²) in [6.45, 7) is 4.56. The molecule has 0 bridgehead atoms. The molecule has 2 unspecified atom stereocenters. The van der Waals surface area contributed by atoms with Gasteiger partial charge in [0.2, 0.25) is 0 Å². The molecule has 1 aliphatic heterocycles. The fraction of sp³-hybridized carbons (Fsp3) is 0.862. The van der Waals surface area contributed by atoms with Crippen molar-refractivity contribution in [2.24, 2.45) is 0 Å². The summed E-state index contributed by atoms with van der Waals surface area (Å²) in [4.78, 5) is -0.587. The molecule has 3 heteroatoms. The number of hydrogen-bond acceptors (Lipinski definition) is 2. The Morgan fingerprint density at radius 3 is 1.59 bits per heavy atom. The molecular formula is C29H52BaOS. The van der Waals surface area contributed by atoms with E-state index in [9.17, 15) is 5.11 Å². The van der Waals surface area contributed by atoms with Crippen LogP contribution in [0.3, 0.4) is 0 Å². The summed E-state index contributed by atoms with van der Waals surface area (Å²) in [5.41, 5.74) is 1.46. The fourth-order valence-electron chi connectivity index (χ4n) is 5.10. The molecule has 182 valence electrons. The zero-order valence-corrected chi connectivity index (χ0v) is 26.9. The van der Waals surface area contributed by atoms with Crippen LogP contribution >= 0.6 is 11.8 Å². The van der Waals surface area contributed by atoms with Gasteiger partial charge in [0.25, 0.3) is 0 Å². The van der Waals surface area contributed by atoms with E-state index < -0.39 is 4.93 Å². The standard InChI is InChI=1S/C29H52OS.Ba/c1-3-5-7-8-9-10-11-12-13-14-15-16-17-18-19-21-24-28-26-27(22-20-6-4-2)23-25-29(28,30)31-28;/h23,25-26,30H,3-22,24H2,1-2H3;. The Labute approximate surface area is 245 Å². The van der Waals surface area contributed by atoms with Gasteiger partial charge in [0, 0.05) is 48.9 Å². The van der Waals surface area contributed by atoms with Gasteiger partial charge >= 0.3 is 0 Å². The van der Waals surface area contributed by atoms with Crippen molar-refractivity contribution in [1.29, 1.82) is 0 Å². The van der Waals surface area contributed by atoms with Crippen LogP contribution in [-0.2, 0) is 0 Å². The van der Waals surface area contributed by atoms with Crippen molar-refractivity contribution < 1.29 is 5.11 Å². The monoisotopic (exact) mass is 586 g/mol. The molecule has 0 saturated carbocycles. The number of allylic oxidation sites excluding steroid dienone is 2. The van der Waals surface area contributed by atoms with Crippen LogP contribution in [0.2, 0.25) is 0 Å². The second-order valence-corrected chi connectivity index (χ2v) is 11.8. The minimum Gasteiger partial charge on any atom is -0.374 e. The van der Waals surface area contributed by atoms with Gasteiger partial charge in [-0.1, -0.05) is 147 Å². The molecule has 2 aliphatic rings. The van der Waals surface area contributed by atoms with E-state index in [0.29, 0.717) is 0 Å². The third kappa shape index (κ3) is 11.9. The Bertz CT molecular complexity index is 531. The van der Waals surface area contributed by atoms with Crippen LogP contribution in [0.1, 0.15) is 149 Å². The van der Waals surface area contributed by atoms with Crippen LogP contribution in [0.25, 0.3) is 0 Å². The molecule has 0 aromatic rings. The number of fused-ring (bicyclic) bond motifs is 1.